The van der Waals surface area contributed by atoms with Crippen molar-refractivity contribution in [2.75, 3.05) is 27.4 Å². The summed E-state index contributed by atoms with van der Waals surface area (Å²) in [5.74, 6) is 0.963. The van der Waals surface area contributed by atoms with Gasteiger partial charge in [-0.15, -0.1) is 15.3 Å². The van der Waals surface area contributed by atoms with Gasteiger partial charge in [-0.2, -0.15) is 4.52 Å². The van der Waals surface area contributed by atoms with E-state index in [2.05, 4.69) is 20.0 Å². The normalized spacial score (nSPS) is 11.5. The summed E-state index contributed by atoms with van der Waals surface area (Å²) in [4.78, 5) is -0.423. The highest BCUT2D eigenvalue weighted by molar-refractivity contribution is 7.89. The van der Waals surface area contributed by atoms with Crippen LogP contribution in [0.25, 0.3) is 17.0 Å². The Balaban J connectivity index is 1.47. The Labute approximate surface area is 189 Å². The SMILES string of the molecule is COc1ccc(-c2nnc3ccc(OCCNS(=O)(=O)c4ccccc4F)nn23)cc1OC. The number of rotatable bonds is 9. The predicted octanol–water partition coefficient (Wildman–Crippen LogP) is 2.30. The maximum absolute atomic E-state index is 13.8. The number of nitrogens with zero attached hydrogens (tertiary/aromatic N) is 4. The van der Waals surface area contributed by atoms with Gasteiger partial charge < -0.3 is 14.2 Å². The van der Waals surface area contributed by atoms with E-state index in [-0.39, 0.29) is 19.0 Å². The fraction of sp³-hybridized carbons (Fsp3) is 0.190. The molecule has 0 atom stereocenters. The lowest BCUT2D eigenvalue weighted by atomic mass is 10.2. The van der Waals surface area contributed by atoms with E-state index < -0.39 is 20.7 Å². The van der Waals surface area contributed by atoms with Crippen molar-refractivity contribution in [3.63, 3.8) is 0 Å². The molecule has 0 bridgehead atoms. The fourth-order valence-corrected chi connectivity index (χ4v) is 4.17. The molecule has 4 rings (SSSR count). The Hall–Kier alpha value is -3.77. The standard InChI is InChI=1S/C21H20FN5O5S/c1-30-16-8-7-14(13-17(16)31-2)21-25-24-19-9-10-20(26-27(19)21)32-12-11-23-33(28,29)18-6-4-3-5-15(18)22/h3-10,13,23H,11-12H2,1-2H3. The third-order valence-corrected chi connectivity index (χ3v) is 6.14. The minimum atomic E-state index is -4.00. The minimum absolute atomic E-state index is 0.0278. The molecule has 33 heavy (non-hydrogen) atoms. The second-order valence-corrected chi connectivity index (χ2v) is 8.45. The van der Waals surface area contributed by atoms with Gasteiger partial charge in [0.05, 0.1) is 14.2 Å². The van der Waals surface area contributed by atoms with Gasteiger partial charge in [-0.1, -0.05) is 12.1 Å². The van der Waals surface area contributed by atoms with Crippen molar-refractivity contribution in [3.05, 3.63) is 60.4 Å². The predicted molar refractivity (Wildman–Crippen MR) is 116 cm³/mol. The number of fused-ring (bicyclic) bond motifs is 1. The molecule has 0 aliphatic carbocycles. The molecule has 0 amide bonds. The van der Waals surface area contributed by atoms with Gasteiger partial charge in [0.25, 0.3) is 0 Å². The first kappa shape index (κ1) is 22.4. The smallest absolute Gasteiger partial charge is 0.243 e. The molecule has 2 aromatic carbocycles. The highest BCUT2D eigenvalue weighted by Gasteiger charge is 2.18. The summed E-state index contributed by atoms with van der Waals surface area (Å²) in [7, 11) is -0.916. The van der Waals surface area contributed by atoms with E-state index in [4.69, 9.17) is 14.2 Å². The van der Waals surface area contributed by atoms with E-state index in [1.54, 1.807) is 37.4 Å². The van der Waals surface area contributed by atoms with Crippen molar-refractivity contribution in [1.82, 2.24) is 24.5 Å². The molecular weight excluding hydrogens is 453 g/mol. The Morgan fingerprint density at radius 2 is 1.79 bits per heavy atom. The summed E-state index contributed by atoms with van der Waals surface area (Å²) < 4.78 is 58.2. The quantitative estimate of drug-likeness (QED) is 0.368. The van der Waals surface area contributed by atoms with Gasteiger partial charge in [0.2, 0.25) is 15.9 Å². The molecule has 0 unspecified atom stereocenters. The van der Waals surface area contributed by atoms with Gasteiger partial charge in [0, 0.05) is 18.2 Å². The van der Waals surface area contributed by atoms with Crippen molar-refractivity contribution in [2.24, 2.45) is 0 Å². The lowest BCUT2D eigenvalue weighted by Gasteiger charge is -2.10. The average Bonchev–Trinajstić information content (AvgIpc) is 3.25. The number of hydrogen-bond donors (Lipinski definition) is 1. The number of ether oxygens (including phenoxy) is 3. The second-order valence-electron chi connectivity index (χ2n) is 6.71. The van der Waals surface area contributed by atoms with Crippen LogP contribution in [0.4, 0.5) is 4.39 Å². The molecule has 2 heterocycles. The molecule has 4 aromatic rings. The molecular formula is C21H20FN5O5S. The van der Waals surface area contributed by atoms with Gasteiger partial charge in [0.15, 0.2) is 23.0 Å². The number of hydrogen-bond acceptors (Lipinski definition) is 8. The molecule has 0 aliphatic rings. The van der Waals surface area contributed by atoms with Gasteiger partial charge in [-0.3, -0.25) is 0 Å². The van der Waals surface area contributed by atoms with Crippen molar-refractivity contribution in [1.29, 1.82) is 0 Å². The fourth-order valence-electron chi connectivity index (χ4n) is 3.08. The molecule has 0 saturated carbocycles. The molecule has 0 aliphatic heterocycles. The lowest BCUT2D eigenvalue weighted by molar-refractivity contribution is 0.306. The second kappa shape index (κ2) is 9.38. The van der Waals surface area contributed by atoms with Crippen LogP contribution in [0.15, 0.2) is 59.5 Å². The van der Waals surface area contributed by atoms with Crippen LogP contribution in [0.3, 0.4) is 0 Å². The van der Waals surface area contributed by atoms with Crippen LogP contribution in [0.2, 0.25) is 0 Å². The maximum atomic E-state index is 13.8. The summed E-state index contributed by atoms with van der Waals surface area (Å²) in [5, 5.41) is 12.7. The summed E-state index contributed by atoms with van der Waals surface area (Å²) in [5.41, 5.74) is 1.19. The van der Waals surface area contributed by atoms with Crippen LogP contribution in [-0.4, -0.2) is 55.6 Å². The Morgan fingerprint density at radius 1 is 1.00 bits per heavy atom. The average molecular weight is 473 g/mol. The molecule has 10 nitrogen and oxygen atoms in total. The third-order valence-electron chi connectivity index (χ3n) is 4.65. The molecule has 12 heteroatoms. The molecule has 2 aromatic heterocycles. The number of aromatic nitrogens is 4. The summed E-state index contributed by atoms with van der Waals surface area (Å²) in [6.07, 6.45) is 0. The number of benzene rings is 2. The molecule has 0 spiro atoms. The van der Waals surface area contributed by atoms with E-state index in [0.717, 1.165) is 6.07 Å². The highest BCUT2D eigenvalue weighted by atomic mass is 32.2. The van der Waals surface area contributed by atoms with Gasteiger partial charge in [0.1, 0.15) is 17.3 Å². The Bertz CT molecular complexity index is 1390. The molecule has 172 valence electrons. The number of methoxy groups -OCH3 is 2. The van der Waals surface area contributed by atoms with Gasteiger partial charge in [-0.05, 0) is 36.4 Å². The number of nitrogens with one attached hydrogen (secondary N) is 1. The zero-order valence-corrected chi connectivity index (χ0v) is 18.5. The molecule has 0 radical (unpaired) electrons. The largest absolute Gasteiger partial charge is 0.493 e. The minimum Gasteiger partial charge on any atom is -0.493 e. The van der Waals surface area contributed by atoms with Crippen LogP contribution in [0.1, 0.15) is 0 Å². The molecule has 0 saturated heterocycles. The molecule has 0 fully saturated rings. The van der Waals surface area contributed by atoms with Crippen LogP contribution in [0.5, 0.6) is 17.4 Å². The van der Waals surface area contributed by atoms with Crippen LogP contribution in [-0.2, 0) is 10.0 Å². The van der Waals surface area contributed by atoms with E-state index in [1.807, 2.05) is 0 Å². The Morgan fingerprint density at radius 3 is 2.55 bits per heavy atom. The Kier molecular flexibility index (Phi) is 6.38. The third kappa shape index (κ3) is 4.71. The first-order valence-electron chi connectivity index (χ1n) is 9.75. The van der Waals surface area contributed by atoms with E-state index in [0.29, 0.717) is 28.5 Å². The first-order valence-corrected chi connectivity index (χ1v) is 11.2. The van der Waals surface area contributed by atoms with Gasteiger partial charge in [-0.25, -0.2) is 17.5 Å². The van der Waals surface area contributed by atoms with Crippen molar-refractivity contribution in [2.45, 2.75) is 4.90 Å². The van der Waals surface area contributed by atoms with Crippen LogP contribution >= 0.6 is 0 Å². The van der Waals surface area contributed by atoms with Crippen molar-refractivity contribution < 1.29 is 27.0 Å². The van der Waals surface area contributed by atoms with Gasteiger partial charge >= 0.3 is 0 Å². The maximum Gasteiger partial charge on any atom is 0.243 e. The summed E-state index contributed by atoms with van der Waals surface area (Å²) >= 11 is 0. The molecule has 1 N–H and O–H groups in total. The zero-order valence-electron chi connectivity index (χ0n) is 17.7. The highest BCUT2D eigenvalue weighted by Crippen LogP contribution is 2.31. The van der Waals surface area contributed by atoms with Crippen LogP contribution in [0, 0.1) is 5.82 Å². The van der Waals surface area contributed by atoms with E-state index >= 15 is 0 Å². The lowest BCUT2D eigenvalue weighted by Crippen LogP contribution is -2.29. The zero-order chi connectivity index (χ0) is 23.4. The number of halogens is 1. The van der Waals surface area contributed by atoms with E-state index in [1.165, 1.54) is 29.8 Å². The number of sulfonamides is 1. The van der Waals surface area contributed by atoms with Crippen LogP contribution < -0.4 is 18.9 Å². The van der Waals surface area contributed by atoms with Crippen molar-refractivity contribution >= 4 is 15.7 Å². The summed E-state index contributed by atoms with van der Waals surface area (Å²) in [6, 6.07) is 13.7. The summed E-state index contributed by atoms with van der Waals surface area (Å²) in [6.45, 7) is -0.110. The van der Waals surface area contributed by atoms with Crippen molar-refractivity contribution in [3.8, 4) is 28.8 Å². The van der Waals surface area contributed by atoms with E-state index in [9.17, 15) is 12.8 Å². The monoisotopic (exact) mass is 473 g/mol. The first-order chi connectivity index (χ1) is 15.9. The topological polar surface area (TPSA) is 117 Å².